The lowest BCUT2D eigenvalue weighted by molar-refractivity contribution is -0.118. The first kappa shape index (κ1) is 11.4. The summed E-state index contributed by atoms with van der Waals surface area (Å²) in [6, 6.07) is 0. The van der Waals surface area contributed by atoms with Gasteiger partial charge in [-0.3, -0.25) is 4.79 Å². The quantitative estimate of drug-likeness (QED) is 0.657. The second-order valence-electron chi connectivity index (χ2n) is 4.18. The predicted molar refractivity (Wildman–Crippen MR) is 55.5 cm³/mol. The Morgan fingerprint density at radius 1 is 1.27 bits per heavy atom. The largest absolute Gasteiger partial charge is 0.287 e. The fraction of sp³-hybridized carbons (Fsp3) is 0.875. The van der Waals surface area contributed by atoms with E-state index in [1.54, 1.807) is 0 Å². The molecule has 0 saturated carbocycles. The van der Waals surface area contributed by atoms with E-state index in [0.29, 0.717) is 0 Å². The van der Waals surface area contributed by atoms with Gasteiger partial charge in [0.05, 0.1) is 0 Å². The molecule has 0 atom stereocenters. The molecule has 0 radical (unpaired) electrons. The van der Waals surface area contributed by atoms with E-state index in [0.717, 1.165) is 6.42 Å². The molecule has 0 aromatic rings. The molecule has 0 bridgehead atoms. The Labute approximate surface area is 79.8 Å². The van der Waals surface area contributed by atoms with E-state index >= 15 is 0 Å². The SMILES string of the molecule is CC(C)(S)CC(C)(C)C(=O)S. The van der Waals surface area contributed by atoms with Crippen molar-refractivity contribution >= 4 is 30.4 Å². The second-order valence-corrected chi connectivity index (χ2v) is 5.80. The van der Waals surface area contributed by atoms with Gasteiger partial charge < -0.3 is 0 Å². The lowest BCUT2D eigenvalue weighted by atomic mass is 9.85. The van der Waals surface area contributed by atoms with Gasteiger partial charge in [0.1, 0.15) is 0 Å². The summed E-state index contributed by atoms with van der Waals surface area (Å²) in [5, 5.41) is -0.0698. The highest BCUT2D eigenvalue weighted by atomic mass is 32.1. The number of carbonyl (C=O) groups is 1. The second kappa shape index (κ2) is 3.40. The molecule has 0 aliphatic rings. The fourth-order valence-electron chi connectivity index (χ4n) is 1.16. The summed E-state index contributed by atoms with van der Waals surface area (Å²) in [5.74, 6) is 0. The van der Waals surface area contributed by atoms with Crippen LogP contribution in [0.15, 0.2) is 0 Å². The average Bonchev–Trinajstić information content (AvgIpc) is 1.56. The maximum absolute atomic E-state index is 11.0. The summed E-state index contributed by atoms with van der Waals surface area (Å²) >= 11 is 8.17. The summed E-state index contributed by atoms with van der Waals surface area (Å²) in [6.07, 6.45) is 0.742. The zero-order chi connectivity index (χ0) is 9.28. The van der Waals surface area contributed by atoms with Crippen molar-refractivity contribution in [2.75, 3.05) is 0 Å². The molecule has 0 saturated heterocycles. The molecule has 0 fully saturated rings. The summed E-state index contributed by atoms with van der Waals surface area (Å²) in [7, 11) is 0. The van der Waals surface area contributed by atoms with Gasteiger partial charge in [0, 0.05) is 10.2 Å². The van der Waals surface area contributed by atoms with Gasteiger partial charge in [-0.05, 0) is 6.42 Å². The van der Waals surface area contributed by atoms with E-state index in [2.05, 4.69) is 25.3 Å². The zero-order valence-corrected chi connectivity index (χ0v) is 9.30. The lowest BCUT2D eigenvalue weighted by Gasteiger charge is -2.28. The standard InChI is InChI=1S/C8H16OS2/c1-7(2,6(9)10)5-8(3,4)11/h11H,5H2,1-4H3,(H,9,10). The maximum atomic E-state index is 11.0. The van der Waals surface area contributed by atoms with Crippen molar-refractivity contribution in [3.63, 3.8) is 0 Å². The van der Waals surface area contributed by atoms with E-state index in [9.17, 15) is 4.79 Å². The van der Waals surface area contributed by atoms with Crippen LogP contribution in [0.25, 0.3) is 0 Å². The molecule has 0 rings (SSSR count). The molecule has 0 heterocycles. The Morgan fingerprint density at radius 3 is 1.73 bits per heavy atom. The smallest absolute Gasteiger partial charge is 0.191 e. The van der Waals surface area contributed by atoms with Gasteiger partial charge in [0.25, 0.3) is 0 Å². The molecule has 0 N–H and O–H groups in total. The number of hydrogen-bond acceptors (Lipinski definition) is 2. The van der Waals surface area contributed by atoms with Crippen molar-refractivity contribution in [3.8, 4) is 0 Å². The number of carbonyl (C=O) groups excluding carboxylic acids is 1. The third-order valence-electron chi connectivity index (χ3n) is 1.45. The van der Waals surface area contributed by atoms with Crippen LogP contribution in [-0.4, -0.2) is 9.86 Å². The average molecular weight is 192 g/mol. The lowest BCUT2D eigenvalue weighted by Crippen LogP contribution is -2.28. The molecule has 11 heavy (non-hydrogen) atoms. The summed E-state index contributed by atoms with van der Waals surface area (Å²) < 4.78 is -0.109. The highest BCUT2D eigenvalue weighted by Gasteiger charge is 2.30. The predicted octanol–water partition coefficient (Wildman–Crippen LogP) is 2.57. The van der Waals surface area contributed by atoms with Crippen LogP contribution in [0.4, 0.5) is 0 Å². The first-order valence-electron chi connectivity index (χ1n) is 3.61. The molecule has 66 valence electrons. The molecule has 0 amide bonds. The summed E-state index contributed by atoms with van der Waals surface area (Å²) in [6.45, 7) is 7.77. The highest BCUT2D eigenvalue weighted by molar-refractivity contribution is 7.96. The van der Waals surface area contributed by atoms with Crippen LogP contribution >= 0.6 is 25.3 Å². The Kier molecular flexibility index (Phi) is 3.51. The molecule has 0 spiro atoms. The Morgan fingerprint density at radius 2 is 1.64 bits per heavy atom. The third kappa shape index (κ3) is 4.75. The van der Waals surface area contributed by atoms with Gasteiger partial charge in [-0.15, -0.1) is 12.6 Å². The third-order valence-corrected chi connectivity index (χ3v) is 2.22. The van der Waals surface area contributed by atoms with E-state index < -0.39 is 0 Å². The minimum atomic E-state index is -0.367. The molecular formula is C8H16OS2. The van der Waals surface area contributed by atoms with E-state index in [-0.39, 0.29) is 15.3 Å². The molecule has 0 unspecified atom stereocenters. The number of rotatable bonds is 3. The van der Waals surface area contributed by atoms with Gasteiger partial charge in [-0.2, -0.15) is 12.6 Å². The van der Waals surface area contributed by atoms with E-state index in [4.69, 9.17) is 0 Å². The zero-order valence-electron chi connectivity index (χ0n) is 7.51. The van der Waals surface area contributed by atoms with Crippen molar-refractivity contribution in [3.05, 3.63) is 0 Å². The number of hydrogen-bond donors (Lipinski definition) is 2. The van der Waals surface area contributed by atoms with E-state index in [1.807, 2.05) is 27.7 Å². The van der Waals surface area contributed by atoms with Crippen molar-refractivity contribution in [2.24, 2.45) is 5.41 Å². The van der Waals surface area contributed by atoms with Gasteiger partial charge in [0.2, 0.25) is 0 Å². The minimum Gasteiger partial charge on any atom is -0.287 e. The summed E-state index contributed by atoms with van der Waals surface area (Å²) in [5.41, 5.74) is -0.367. The van der Waals surface area contributed by atoms with Crippen LogP contribution in [0.1, 0.15) is 34.1 Å². The van der Waals surface area contributed by atoms with E-state index in [1.165, 1.54) is 0 Å². The first-order valence-corrected chi connectivity index (χ1v) is 4.50. The molecular weight excluding hydrogens is 176 g/mol. The van der Waals surface area contributed by atoms with Crippen LogP contribution in [0, 0.1) is 5.41 Å². The monoisotopic (exact) mass is 192 g/mol. The van der Waals surface area contributed by atoms with Gasteiger partial charge in [-0.1, -0.05) is 27.7 Å². The molecule has 0 aromatic heterocycles. The normalized spacial score (nSPS) is 13.3. The van der Waals surface area contributed by atoms with Crippen LogP contribution in [-0.2, 0) is 4.79 Å². The van der Waals surface area contributed by atoms with Crippen LogP contribution in [0.2, 0.25) is 0 Å². The van der Waals surface area contributed by atoms with Crippen molar-refractivity contribution in [1.29, 1.82) is 0 Å². The van der Waals surface area contributed by atoms with Crippen LogP contribution < -0.4 is 0 Å². The van der Waals surface area contributed by atoms with Gasteiger partial charge >= 0.3 is 0 Å². The van der Waals surface area contributed by atoms with Crippen molar-refractivity contribution in [1.82, 2.24) is 0 Å². The molecule has 0 aliphatic heterocycles. The molecule has 0 aromatic carbocycles. The molecule has 0 aliphatic carbocycles. The van der Waals surface area contributed by atoms with Crippen molar-refractivity contribution in [2.45, 2.75) is 38.9 Å². The maximum Gasteiger partial charge on any atom is 0.191 e. The van der Waals surface area contributed by atoms with Crippen LogP contribution in [0.3, 0.4) is 0 Å². The topological polar surface area (TPSA) is 17.1 Å². The minimum absolute atomic E-state index is 0.0698. The fourth-order valence-corrected chi connectivity index (χ4v) is 1.63. The highest BCUT2D eigenvalue weighted by Crippen LogP contribution is 2.33. The van der Waals surface area contributed by atoms with Gasteiger partial charge in [-0.25, -0.2) is 0 Å². The Hall–Kier alpha value is 0.370. The molecule has 1 nitrogen and oxygen atoms in total. The Balaban J connectivity index is 4.25. The Bertz CT molecular complexity index is 156. The van der Waals surface area contributed by atoms with Crippen LogP contribution in [0.5, 0.6) is 0 Å². The number of thiol groups is 2. The van der Waals surface area contributed by atoms with Crippen molar-refractivity contribution < 1.29 is 4.79 Å². The van der Waals surface area contributed by atoms with Gasteiger partial charge in [0.15, 0.2) is 5.12 Å². The molecule has 3 heteroatoms. The first-order chi connectivity index (χ1) is 4.65. The summed E-state index contributed by atoms with van der Waals surface area (Å²) in [4.78, 5) is 11.0.